The first-order chi connectivity index (χ1) is 17.0. The molecule has 36 heavy (non-hydrogen) atoms. The fourth-order valence-electron chi connectivity index (χ4n) is 4.38. The highest BCUT2D eigenvalue weighted by molar-refractivity contribution is 7.89. The summed E-state index contributed by atoms with van der Waals surface area (Å²) in [6.07, 6.45) is 1.40. The zero-order chi connectivity index (χ0) is 25.8. The Balaban J connectivity index is 1.68. The zero-order valence-electron chi connectivity index (χ0n) is 19.5. The van der Waals surface area contributed by atoms with E-state index in [0.29, 0.717) is 35.4 Å². The maximum absolute atomic E-state index is 13.8. The van der Waals surface area contributed by atoms with E-state index in [4.69, 9.17) is 0 Å². The van der Waals surface area contributed by atoms with Crippen LogP contribution in [0.5, 0.6) is 0 Å². The highest BCUT2D eigenvalue weighted by atomic mass is 32.2. The van der Waals surface area contributed by atoms with Gasteiger partial charge in [-0.15, -0.1) is 10.2 Å². The van der Waals surface area contributed by atoms with Crippen molar-refractivity contribution in [1.82, 2.24) is 29.6 Å². The topological polar surface area (TPSA) is 105 Å². The third-order valence-corrected chi connectivity index (χ3v) is 9.24. The number of nitrogens with zero attached hydrogens (tertiary/aromatic N) is 5. The van der Waals surface area contributed by atoms with Gasteiger partial charge in [-0.05, 0) is 32.8 Å². The number of hydrogen-bond acceptors (Lipinski definition) is 8. The molecule has 4 heterocycles. The summed E-state index contributed by atoms with van der Waals surface area (Å²) in [5, 5.41) is 9.87. The number of nitrogens with one attached hydrogen (secondary N) is 2. The van der Waals surface area contributed by atoms with E-state index in [1.807, 2.05) is 0 Å². The Hall–Kier alpha value is -2.36. The Morgan fingerprint density at radius 2 is 2.03 bits per heavy atom. The zero-order valence-corrected chi connectivity index (χ0v) is 21.1. The lowest BCUT2D eigenvalue weighted by Crippen LogP contribution is -2.63. The van der Waals surface area contributed by atoms with Gasteiger partial charge in [-0.2, -0.15) is 0 Å². The van der Waals surface area contributed by atoms with Crippen LogP contribution < -0.4 is 14.9 Å². The molecule has 0 aromatic carbocycles. The van der Waals surface area contributed by atoms with Crippen molar-refractivity contribution in [2.75, 3.05) is 24.8 Å². The molecule has 3 atom stereocenters. The van der Waals surface area contributed by atoms with Gasteiger partial charge in [-0.1, -0.05) is 11.3 Å². The van der Waals surface area contributed by atoms with Gasteiger partial charge in [-0.25, -0.2) is 35.7 Å². The molecule has 1 saturated heterocycles. The second-order valence-corrected chi connectivity index (χ2v) is 12.2. The predicted molar refractivity (Wildman–Crippen MR) is 126 cm³/mol. The molecule has 2 N–H and O–H groups in total. The highest BCUT2D eigenvalue weighted by Crippen LogP contribution is 2.38. The molecule has 15 heteroatoms. The number of alkyl halides is 4. The minimum absolute atomic E-state index is 0.0875. The lowest BCUT2D eigenvalue weighted by Gasteiger charge is -2.44. The Bertz CT molecular complexity index is 1380. The van der Waals surface area contributed by atoms with Crippen LogP contribution in [0.3, 0.4) is 0 Å². The second kappa shape index (κ2) is 9.19. The molecule has 196 valence electrons. The van der Waals surface area contributed by atoms with Crippen LogP contribution in [-0.2, 0) is 10.0 Å². The molecule has 0 amide bonds. The van der Waals surface area contributed by atoms with E-state index in [2.05, 4.69) is 25.2 Å². The monoisotopic (exact) mass is 547 g/mol. The third-order valence-electron chi connectivity index (χ3n) is 6.71. The Morgan fingerprint density at radius 1 is 1.28 bits per heavy atom. The van der Waals surface area contributed by atoms with Gasteiger partial charge in [0.05, 0.1) is 29.5 Å². The Kier molecular flexibility index (Phi) is 6.46. The molecule has 3 aromatic heterocycles. The van der Waals surface area contributed by atoms with E-state index in [-0.39, 0.29) is 22.3 Å². The summed E-state index contributed by atoms with van der Waals surface area (Å²) in [4.78, 5) is 6.00. The SMILES string of the molecule is C[C@H]1[C@H](CF)N[C@@H](CF)CN1c1cc(S(=O)(=O)NC2(C)CC2)cn2c(-c3nnc(C(F)F)s3)ncc12. The molecule has 5 rings (SSSR count). The number of anilines is 1. The van der Waals surface area contributed by atoms with Crippen LogP contribution >= 0.6 is 11.3 Å². The third kappa shape index (κ3) is 4.57. The maximum Gasteiger partial charge on any atom is 0.291 e. The first-order valence-electron chi connectivity index (χ1n) is 11.4. The first kappa shape index (κ1) is 25.3. The standard InChI is InChI=1S/C21H25F4N7O2S2/c1-11-14(7-23)27-12(6-22)9-31(11)15-5-13(36(33,34)30-21(2)3-4-21)10-32-16(15)8-26-18(32)20-29-28-19(35-20)17(24)25/h5,8,10-12,14,17,27,30H,3-4,6-7,9H2,1-2H3/t11-,12-,14-/m0/s1. The number of fused-ring (bicyclic) bond motifs is 1. The lowest BCUT2D eigenvalue weighted by molar-refractivity contribution is 0.150. The molecule has 1 saturated carbocycles. The van der Waals surface area contributed by atoms with E-state index in [0.717, 1.165) is 0 Å². The van der Waals surface area contributed by atoms with Gasteiger partial charge in [0, 0.05) is 24.3 Å². The molecule has 1 aliphatic carbocycles. The fourth-order valence-corrected chi connectivity index (χ4v) is 6.55. The van der Waals surface area contributed by atoms with Gasteiger partial charge in [0.2, 0.25) is 10.0 Å². The molecule has 2 fully saturated rings. The molecule has 3 aromatic rings. The average molecular weight is 548 g/mol. The van der Waals surface area contributed by atoms with E-state index < -0.39 is 58.5 Å². The Morgan fingerprint density at radius 3 is 2.64 bits per heavy atom. The quantitative estimate of drug-likeness (QED) is 0.418. The van der Waals surface area contributed by atoms with Crippen molar-refractivity contribution in [3.05, 3.63) is 23.5 Å². The van der Waals surface area contributed by atoms with Crippen LogP contribution in [0, 0.1) is 0 Å². The van der Waals surface area contributed by atoms with Crippen molar-refractivity contribution < 1.29 is 26.0 Å². The number of imidazole rings is 1. The van der Waals surface area contributed by atoms with Crippen LogP contribution in [0.15, 0.2) is 23.4 Å². The van der Waals surface area contributed by atoms with Crippen LogP contribution in [0.4, 0.5) is 23.2 Å². The number of sulfonamides is 1. The van der Waals surface area contributed by atoms with E-state index in [1.165, 1.54) is 22.9 Å². The fraction of sp³-hybridized carbons (Fsp3) is 0.571. The number of hydrogen-bond donors (Lipinski definition) is 2. The van der Waals surface area contributed by atoms with Crippen molar-refractivity contribution in [3.8, 4) is 10.8 Å². The van der Waals surface area contributed by atoms with Crippen LogP contribution in [0.1, 0.15) is 38.1 Å². The van der Waals surface area contributed by atoms with Crippen LogP contribution in [0.2, 0.25) is 0 Å². The normalized spacial score (nSPS) is 24.1. The van der Waals surface area contributed by atoms with Crippen LogP contribution in [0.25, 0.3) is 16.3 Å². The van der Waals surface area contributed by atoms with Crippen molar-refractivity contribution in [3.63, 3.8) is 0 Å². The van der Waals surface area contributed by atoms with Gasteiger partial charge in [-0.3, -0.25) is 4.40 Å². The lowest BCUT2D eigenvalue weighted by atomic mass is 10.0. The molecule has 0 radical (unpaired) electrons. The van der Waals surface area contributed by atoms with E-state index >= 15 is 0 Å². The summed E-state index contributed by atoms with van der Waals surface area (Å²) < 4.78 is 84.5. The molecule has 2 aliphatic rings. The summed E-state index contributed by atoms with van der Waals surface area (Å²) in [7, 11) is -3.99. The maximum atomic E-state index is 13.8. The number of halogens is 4. The molecular formula is C21H25F4N7O2S2. The van der Waals surface area contributed by atoms with Crippen molar-refractivity contribution in [1.29, 1.82) is 0 Å². The summed E-state index contributed by atoms with van der Waals surface area (Å²) in [5.74, 6) is 0.136. The smallest absolute Gasteiger partial charge is 0.291 e. The predicted octanol–water partition coefficient (Wildman–Crippen LogP) is 3.10. The van der Waals surface area contributed by atoms with Gasteiger partial charge in [0.1, 0.15) is 18.2 Å². The molecule has 9 nitrogen and oxygen atoms in total. The average Bonchev–Trinajstić information content (AvgIpc) is 3.23. The minimum Gasteiger partial charge on any atom is -0.364 e. The van der Waals surface area contributed by atoms with Gasteiger partial charge in [0.25, 0.3) is 6.43 Å². The molecule has 0 unspecified atom stereocenters. The first-order valence-corrected chi connectivity index (χ1v) is 13.7. The van der Waals surface area contributed by atoms with Crippen molar-refractivity contribution in [2.24, 2.45) is 0 Å². The summed E-state index contributed by atoms with van der Waals surface area (Å²) >= 11 is 0.654. The van der Waals surface area contributed by atoms with E-state index in [1.54, 1.807) is 18.7 Å². The van der Waals surface area contributed by atoms with Gasteiger partial charge in [0.15, 0.2) is 15.8 Å². The summed E-state index contributed by atoms with van der Waals surface area (Å²) in [6, 6.07) is -0.322. The highest BCUT2D eigenvalue weighted by Gasteiger charge is 2.42. The van der Waals surface area contributed by atoms with E-state index in [9.17, 15) is 26.0 Å². The largest absolute Gasteiger partial charge is 0.364 e. The number of aromatic nitrogens is 4. The molecule has 1 aliphatic heterocycles. The van der Waals surface area contributed by atoms with Gasteiger partial charge >= 0.3 is 0 Å². The summed E-state index contributed by atoms with van der Waals surface area (Å²) in [6.45, 7) is 2.25. The number of pyridine rings is 1. The van der Waals surface area contributed by atoms with Crippen molar-refractivity contribution >= 4 is 32.6 Å². The molecular weight excluding hydrogens is 522 g/mol. The molecule has 0 bridgehead atoms. The second-order valence-electron chi connectivity index (χ2n) is 9.48. The number of rotatable bonds is 8. The van der Waals surface area contributed by atoms with Crippen molar-refractivity contribution in [2.45, 2.75) is 61.7 Å². The summed E-state index contributed by atoms with van der Waals surface area (Å²) in [5.41, 5.74) is 0.305. The minimum atomic E-state index is -3.99. The van der Waals surface area contributed by atoms with Gasteiger partial charge < -0.3 is 10.2 Å². The van der Waals surface area contributed by atoms with Crippen LogP contribution in [-0.4, -0.2) is 71.6 Å². The molecule has 0 spiro atoms. The number of piperazine rings is 1. The Labute approximate surface area is 209 Å².